The first-order valence-corrected chi connectivity index (χ1v) is 7.21. The van der Waals surface area contributed by atoms with Gasteiger partial charge in [0.25, 0.3) is 0 Å². The molecule has 102 valence electrons. The van der Waals surface area contributed by atoms with Crippen LogP contribution < -0.4 is 0 Å². The highest BCUT2D eigenvalue weighted by Crippen LogP contribution is 2.21. The molecule has 0 heteroatoms. The minimum absolute atomic E-state index is 0.983. The van der Waals surface area contributed by atoms with Crippen LogP contribution in [0.5, 0.6) is 0 Å². The second kappa shape index (κ2) is 6.23. The Morgan fingerprint density at radius 1 is 0.619 bits per heavy atom. The molecule has 0 radical (unpaired) electrons. The SMILES string of the molecule is C=Cc1ccc(-c2ccc(Cc3ccccc3)cc2)cc1. The molecule has 0 bridgehead atoms. The van der Waals surface area contributed by atoms with E-state index in [1.54, 1.807) is 0 Å². The van der Waals surface area contributed by atoms with Gasteiger partial charge in [-0.25, -0.2) is 0 Å². The second-order valence-electron chi connectivity index (χ2n) is 5.19. The molecule has 3 aromatic rings. The number of rotatable bonds is 4. The summed E-state index contributed by atoms with van der Waals surface area (Å²) in [6, 6.07) is 27.9. The van der Waals surface area contributed by atoms with Crippen LogP contribution in [0.2, 0.25) is 0 Å². The van der Waals surface area contributed by atoms with Crippen LogP contribution in [0.15, 0.2) is 85.4 Å². The summed E-state index contributed by atoms with van der Waals surface area (Å²) in [6.07, 6.45) is 2.85. The maximum atomic E-state index is 3.78. The molecule has 0 atom stereocenters. The topological polar surface area (TPSA) is 0 Å². The fraction of sp³-hybridized carbons (Fsp3) is 0.0476. The summed E-state index contributed by atoms with van der Waals surface area (Å²) in [5, 5.41) is 0. The van der Waals surface area contributed by atoms with Gasteiger partial charge < -0.3 is 0 Å². The molecule has 0 aliphatic rings. The number of benzene rings is 3. The van der Waals surface area contributed by atoms with E-state index in [4.69, 9.17) is 0 Å². The summed E-state index contributed by atoms with van der Waals surface area (Å²) < 4.78 is 0. The first kappa shape index (κ1) is 13.4. The molecule has 0 aliphatic heterocycles. The molecule has 0 spiro atoms. The maximum absolute atomic E-state index is 3.78. The van der Waals surface area contributed by atoms with E-state index in [1.165, 1.54) is 22.3 Å². The Bertz CT molecular complexity index is 704. The molecule has 21 heavy (non-hydrogen) atoms. The summed E-state index contributed by atoms with van der Waals surface area (Å²) >= 11 is 0. The van der Waals surface area contributed by atoms with E-state index in [1.807, 2.05) is 6.08 Å². The molecular formula is C21H18. The maximum Gasteiger partial charge on any atom is -0.00258 e. The van der Waals surface area contributed by atoms with E-state index in [9.17, 15) is 0 Å². The van der Waals surface area contributed by atoms with E-state index in [2.05, 4.69) is 85.4 Å². The van der Waals surface area contributed by atoms with Gasteiger partial charge in [0.1, 0.15) is 0 Å². The molecule has 0 unspecified atom stereocenters. The molecule has 3 aromatic carbocycles. The van der Waals surface area contributed by atoms with Crippen LogP contribution >= 0.6 is 0 Å². The van der Waals surface area contributed by atoms with Gasteiger partial charge in [-0.2, -0.15) is 0 Å². The molecule has 0 fully saturated rings. The fourth-order valence-electron chi connectivity index (χ4n) is 2.46. The lowest BCUT2D eigenvalue weighted by Crippen LogP contribution is -1.87. The average Bonchev–Trinajstić information content (AvgIpc) is 2.57. The van der Waals surface area contributed by atoms with Crippen molar-refractivity contribution in [3.05, 3.63) is 102 Å². The Kier molecular flexibility index (Phi) is 3.97. The van der Waals surface area contributed by atoms with E-state index >= 15 is 0 Å². The van der Waals surface area contributed by atoms with Gasteiger partial charge in [-0.1, -0.05) is 91.5 Å². The van der Waals surface area contributed by atoms with E-state index < -0.39 is 0 Å². The van der Waals surface area contributed by atoms with Crippen molar-refractivity contribution in [2.75, 3.05) is 0 Å². The molecule has 0 aliphatic carbocycles. The number of hydrogen-bond acceptors (Lipinski definition) is 0. The zero-order valence-corrected chi connectivity index (χ0v) is 12.0. The van der Waals surface area contributed by atoms with Gasteiger partial charge in [-0.15, -0.1) is 0 Å². The summed E-state index contributed by atoms with van der Waals surface area (Å²) in [6.45, 7) is 3.78. The highest BCUT2D eigenvalue weighted by Gasteiger charge is 1.99. The summed E-state index contributed by atoms with van der Waals surface area (Å²) in [5.74, 6) is 0. The van der Waals surface area contributed by atoms with E-state index in [0.717, 1.165) is 12.0 Å². The molecule has 0 saturated carbocycles. The zero-order valence-electron chi connectivity index (χ0n) is 12.0. The van der Waals surface area contributed by atoms with Crippen molar-refractivity contribution in [2.24, 2.45) is 0 Å². The van der Waals surface area contributed by atoms with Gasteiger partial charge in [0.15, 0.2) is 0 Å². The van der Waals surface area contributed by atoms with Crippen molar-refractivity contribution in [3.8, 4) is 11.1 Å². The standard InChI is InChI=1S/C21H18/c1-2-17-8-12-20(13-9-17)21-14-10-19(11-15-21)16-18-6-4-3-5-7-18/h2-15H,1,16H2. The molecule has 0 heterocycles. The molecule has 0 N–H and O–H groups in total. The number of hydrogen-bond donors (Lipinski definition) is 0. The van der Waals surface area contributed by atoms with Gasteiger partial charge >= 0.3 is 0 Å². The van der Waals surface area contributed by atoms with Gasteiger partial charge in [0, 0.05) is 0 Å². The normalized spacial score (nSPS) is 10.3. The second-order valence-corrected chi connectivity index (χ2v) is 5.19. The molecular weight excluding hydrogens is 252 g/mol. The smallest absolute Gasteiger partial charge is 0.00258 e. The van der Waals surface area contributed by atoms with Crippen LogP contribution in [0.1, 0.15) is 16.7 Å². The highest BCUT2D eigenvalue weighted by molar-refractivity contribution is 5.65. The van der Waals surface area contributed by atoms with Crippen molar-refractivity contribution in [2.45, 2.75) is 6.42 Å². The van der Waals surface area contributed by atoms with Gasteiger partial charge in [-0.3, -0.25) is 0 Å². The monoisotopic (exact) mass is 270 g/mol. The zero-order chi connectivity index (χ0) is 14.5. The lowest BCUT2D eigenvalue weighted by Gasteiger charge is -2.05. The Labute approximate surface area is 126 Å². The third kappa shape index (κ3) is 3.29. The predicted molar refractivity (Wildman–Crippen MR) is 91.2 cm³/mol. The highest BCUT2D eigenvalue weighted by atomic mass is 14.0. The fourth-order valence-corrected chi connectivity index (χ4v) is 2.46. The third-order valence-electron chi connectivity index (χ3n) is 3.68. The lowest BCUT2D eigenvalue weighted by atomic mass is 10.00. The Balaban J connectivity index is 1.78. The van der Waals surface area contributed by atoms with Crippen LogP contribution in [0.3, 0.4) is 0 Å². The van der Waals surface area contributed by atoms with Crippen LogP contribution in [-0.2, 0) is 6.42 Å². The van der Waals surface area contributed by atoms with E-state index in [-0.39, 0.29) is 0 Å². The average molecular weight is 270 g/mol. The van der Waals surface area contributed by atoms with Gasteiger partial charge in [-0.05, 0) is 34.2 Å². The minimum Gasteiger partial charge on any atom is -0.0985 e. The molecule has 0 aromatic heterocycles. The summed E-state index contributed by atoms with van der Waals surface area (Å²) in [7, 11) is 0. The lowest BCUT2D eigenvalue weighted by molar-refractivity contribution is 1.19. The van der Waals surface area contributed by atoms with Crippen molar-refractivity contribution < 1.29 is 0 Å². The van der Waals surface area contributed by atoms with Crippen LogP contribution in [0.4, 0.5) is 0 Å². The van der Waals surface area contributed by atoms with Crippen LogP contribution in [-0.4, -0.2) is 0 Å². The molecule has 0 amide bonds. The molecule has 3 rings (SSSR count). The quantitative estimate of drug-likeness (QED) is 0.580. The van der Waals surface area contributed by atoms with Crippen molar-refractivity contribution in [1.29, 1.82) is 0 Å². The molecule has 0 saturated heterocycles. The Morgan fingerprint density at radius 2 is 1.14 bits per heavy atom. The first-order valence-electron chi connectivity index (χ1n) is 7.21. The summed E-state index contributed by atoms with van der Waals surface area (Å²) in [5.41, 5.74) is 6.34. The largest absolute Gasteiger partial charge is 0.0985 e. The van der Waals surface area contributed by atoms with Crippen molar-refractivity contribution in [3.63, 3.8) is 0 Å². The Morgan fingerprint density at radius 3 is 1.71 bits per heavy atom. The molecule has 0 nitrogen and oxygen atoms in total. The minimum atomic E-state index is 0.983. The van der Waals surface area contributed by atoms with Gasteiger partial charge in [0.05, 0.1) is 0 Å². The summed E-state index contributed by atoms with van der Waals surface area (Å²) in [4.78, 5) is 0. The van der Waals surface area contributed by atoms with Crippen LogP contribution in [0.25, 0.3) is 17.2 Å². The van der Waals surface area contributed by atoms with Crippen molar-refractivity contribution >= 4 is 6.08 Å². The Hall–Kier alpha value is -2.60. The van der Waals surface area contributed by atoms with Crippen molar-refractivity contribution in [1.82, 2.24) is 0 Å². The van der Waals surface area contributed by atoms with E-state index in [0.29, 0.717) is 0 Å². The first-order chi connectivity index (χ1) is 10.3. The van der Waals surface area contributed by atoms with Gasteiger partial charge in [0.2, 0.25) is 0 Å². The van der Waals surface area contributed by atoms with Crippen LogP contribution in [0, 0.1) is 0 Å². The predicted octanol–water partition coefficient (Wildman–Crippen LogP) is 5.59. The third-order valence-corrected chi connectivity index (χ3v) is 3.68.